The summed E-state index contributed by atoms with van der Waals surface area (Å²) in [6.07, 6.45) is -6.78. The van der Waals surface area contributed by atoms with E-state index in [0.717, 1.165) is 0 Å². The van der Waals surface area contributed by atoms with Crippen LogP contribution in [0.5, 0.6) is 0 Å². The highest BCUT2D eigenvalue weighted by Crippen LogP contribution is 2.42. The molecule has 3 aliphatic heterocycles. The van der Waals surface area contributed by atoms with Gasteiger partial charge in [-0.15, -0.1) is 0 Å². The number of likely N-dealkylation sites (N-methyl/N-ethyl adjacent to an activating group) is 1. The van der Waals surface area contributed by atoms with Crippen molar-refractivity contribution in [3.05, 3.63) is 34.1 Å². The number of rotatable bonds is 19. The van der Waals surface area contributed by atoms with Crippen LogP contribution < -0.4 is 16.1 Å². The molecule has 3 aliphatic rings. The van der Waals surface area contributed by atoms with Crippen molar-refractivity contribution in [2.75, 3.05) is 59.0 Å². The van der Waals surface area contributed by atoms with Crippen molar-refractivity contribution in [1.82, 2.24) is 19.8 Å². The van der Waals surface area contributed by atoms with Gasteiger partial charge in [-0.3, -0.25) is 18.6 Å². The molecule has 0 saturated carbocycles. The number of Topliss-reactive ketones (excluding diaryl/α,β-unsaturated/α-hetero) is 1. The van der Waals surface area contributed by atoms with Crippen LogP contribution in [0.25, 0.3) is 11.0 Å². The lowest BCUT2D eigenvalue weighted by Crippen LogP contribution is -2.62. The fourth-order valence-electron chi connectivity index (χ4n) is 10.9. The topological polar surface area (TPSA) is 282 Å². The molecule has 5 N–H and O–H groups in total. The molecule has 24 heteroatoms. The highest BCUT2D eigenvalue weighted by atomic mass is 127. The second-order valence-corrected chi connectivity index (χ2v) is 24.9. The average Bonchev–Trinajstić information content (AvgIpc) is 3.35. The number of fused-ring (bicyclic) bond motifs is 1. The first-order valence-electron chi connectivity index (χ1n) is 26.3. The van der Waals surface area contributed by atoms with Gasteiger partial charge in [0.25, 0.3) is 10.1 Å². The number of carboxylic acid groups (broad SMARTS) is 1. The Morgan fingerprint density at radius 3 is 2.18 bits per heavy atom. The third-order valence-corrected chi connectivity index (χ3v) is 18.0. The maximum absolute atomic E-state index is 14.5. The van der Waals surface area contributed by atoms with Crippen LogP contribution in [0.2, 0.25) is 0 Å². The van der Waals surface area contributed by atoms with Gasteiger partial charge in [0.05, 0.1) is 56.1 Å². The summed E-state index contributed by atoms with van der Waals surface area (Å²) in [5.41, 5.74) is -4.82. The van der Waals surface area contributed by atoms with E-state index in [0.29, 0.717) is 37.5 Å². The van der Waals surface area contributed by atoms with Crippen molar-refractivity contribution in [2.45, 2.75) is 190 Å². The number of esters is 1. The predicted molar refractivity (Wildman–Crippen MR) is 291 cm³/mol. The number of ketones is 1. The number of pyridine rings is 2. The van der Waals surface area contributed by atoms with E-state index < -0.39 is 121 Å². The molecule has 0 radical (unpaired) electrons. The number of carbonyl (C=O) groups excluding carboxylic acids is 2. The van der Waals surface area contributed by atoms with Crippen LogP contribution in [0.4, 0.5) is 5.82 Å². The minimum atomic E-state index is -4.21. The number of methoxy groups -OCH3 is 2. The largest absolute Gasteiger partial charge is 0.477 e. The van der Waals surface area contributed by atoms with E-state index in [1.807, 2.05) is 39.8 Å². The zero-order valence-corrected chi connectivity index (χ0v) is 49.5. The van der Waals surface area contributed by atoms with Gasteiger partial charge in [0.2, 0.25) is 5.43 Å². The average molecular weight is 1210 g/mol. The van der Waals surface area contributed by atoms with Crippen molar-refractivity contribution in [2.24, 2.45) is 17.8 Å². The molecular weight excluding hydrogens is 1130 g/mol. The number of aromatic carboxylic acids is 1. The van der Waals surface area contributed by atoms with Crippen LogP contribution in [0.15, 0.2) is 23.1 Å². The zero-order chi connectivity index (χ0) is 56.8. The molecule has 3 saturated heterocycles. The van der Waals surface area contributed by atoms with Crippen LogP contribution in [-0.4, -0.2) is 192 Å². The summed E-state index contributed by atoms with van der Waals surface area (Å²) in [5, 5.41) is 39.5. The second kappa shape index (κ2) is 26.5. The number of hydrogen-bond acceptors (Lipinski definition) is 20. The third kappa shape index (κ3) is 15.1. The molecule has 76 heavy (non-hydrogen) atoms. The summed E-state index contributed by atoms with van der Waals surface area (Å²) in [5.74, 6) is -4.39. The first kappa shape index (κ1) is 63.8. The molecule has 17 atom stereocenters. The van der Waals surface area contributed by atoms with Gasteiger partial charge in [-0.2, -0.15) is 8.42 Å². The fraction of sp³-hybridized carbons (Fsp3) is 0.788. The molecule has 5 rings (SSSR count). The zero-order valence-electron chi connectivity index (χ0n) is 46.6. The maximum atomic E-state index is 14.5. The van der Waals surface area contributed by atoms with Gasteiger partial charge >= 0.3 is 11.9 Å². The molecule has 0 aliphatic carbocycles. The maximum Gasteiger partial charge on any atom is 0.341 e. The molecule has 0 bridgehead atoms. The molecule has 0 amide bonds. The Hall–Kier alpha value is -2.99. The number of nitrogens with zero attached hydrogens (tertiary/aromatic N) is 3. The van der Waals surface area contributed by atoms with Crippen LogP contribution in [0, 0.1) is 17.8 Å². The lowest BCUT2D eigenvalue weighted by molar-refractivity contribution is -0.304. The van der Waals surface area contributed by atoms with Gasteiger partial charge in [0.1, 0.15) is 47.2 Å². The molecule has 22 nitrogen and oxygen atoms in total. The second-order valence-electron chi connectivity index (χ2n) is 21.8. The standard InChI is InChI=1S/C52H84IN5O17S/c1-15-36-50(8,65)24-28(3)40(59)29(4)25-51(9,68-13)45(74-49-42(61)35(57(11)12)23-30(5)70-49)39(53)43(31(6)48(64)72-36)73-38-26-52(10,69-14)44(32(7)71-38)75-76(66,67)22-21-54-19-20-55-37-18-17-33-41(60)34(47(62)63)27-58(16-2)46(33)56-37/h17-18,27-32,35-36,38-39,42-45,49,54,61,65H,15-16,19-26H2,1-14H3,(H,55,56)(H,62,63)/t28-,29-,30-,31-,32+,35+,36-,38+,39+,42-,43-,44+,45?,49+,50+,51-,52-/m1/s1. The van der Waals surface area contributed by atoms with E-state index in [1.165, 1.54) is 26.5 Å². The lowest BCUT2D eigenvalue weighted by atomic mass is 9.77. The Labute approximate surface area is 461 Å². The number of carbonyl (C=O) groups is 3. The van der Waals surface area contributed by atoms with Crippen LogP contribution in [-0.2, 0) is 63.6 Å². The number of halogens is 1. The number of aliphatic hydroxyl groups excluding tert-OH is 1. The molecule has 432 valence electrons. The normalized spacial score (nSPS) is 36.4. The van der Waals surface area contributed by atoms with Crippen molar-refractivity contribution in [3.8, 4) is 0 Å². The summed E-state index contributed by atoms with van der Waals surface area (Å²) < 4.78 is 79.0. The van der Waals surface area contributed by atoms with E-state index in [-0.39, 0.29) is 61.1 Å². The summed E-state index contributed by atoms with van der Waals surface area (Å²) in [7, 11) is 2.47. The summed E-state index contributed by atoms with van der Waals surface area (Å²) in [4.78, 5) is 59.5. The fourth-order valence-corrected chi connectivity index (χ4v) is 13.8. The van der Waals surface area contributed by atoms with E-state index >= 15 is 0 Å². The number of aliphatic hydroxyl groups is 2. The number of alkyl halides is 1. The van der Waals surface area contributed by atoms with Crippen molar-refractivity contribution in [1.29, 1.82) is 0 Å². The molecule has 0 aromatic carbocycles. The summed E-state index contributed by atoms with van der Waals surface area (Å²) in [6.45, 7) is 18.5. The van der Waals surface area contributed by atoms with Gasteiger partial charge in [0, 0.05) is 70.9 Å². The number of ether oxygens (including phenoxy) is 7. The Kier molecular flexibility index (Phi) is 22.3. The predicted octanol–water partition coefficient (Wildman–Crippen LogP) is 4.12. The van der Waals surface area contributed by atoms with Crippen LogP contribution in [0.3, 0.4) is 0 Å². The summed E-state index contributed by atoms with van der Waals surface area (Å²) in [6, 6.07) is 2.76. The summed E-state index contributed by atoms with van der Waals surface area (Å²) >= 11 is 2.15. The molecule has 3 fully saturated rings. The number of aromatic nitrogens is 2. The van der Waals surface area contributed by atoms with Gasteiger partial charge in [-0.25, -0.2) is 9.78 Å². The molecule has 2 aromatic rings. The Bertz CT molecular complexity index is 2480. The first-order valence-corrected chi connectivity index (χ1v) is 29.1. The van der Waals surface area contributed by atoms with Gasteiger partial charge in [0.15, 0.2) is 12.6 Å². The molecule has 0 spiro atoms. The minimum Gasteiger partial charge on any atom is -0.477 e. The van der Waals surface area contributed by atoms with Crippen molar-refractivity contribution in [3.63, 3.8) is 0 Å². The van der Waals surface area contributed by atoms with Crippen molar-refractivity contribution < 1.29 is 75.5 Å². The molecule has 1 unspecified atom stereocenters. The first-order chi connectivity index (χ1) is 35.5. The van der Waals surface area contributed by atoms with Crippen LogP contribution >= 0.6 is 22.6 Å². The number of nitrogens with one attached hydrogen (secondary N) is 2. The Balaban J connectivity index is 1.36. The van der Waals surface area contributed by atoms with Gasteiger partial charge in [-0.05, 0) is 100 Å². The van der Waals surface area contributed by atoms with Crippen LogP contribution in [0.1, 0.15) is 112 Å². The molecule has 5 heterocycles. The van der Waals surface area contributed by atoms with Gasteiger partial charge < -0.3 is 68.6 Å². The monoisotopic (exact) mass is 1210 g/mol. The third-order valence-electron chi connectivity index (χ3n) is 15.4. The quantitative estimate of drug-likeness (QED) is 0.0435. The highest BCUT2D eigenvalue weighted by Gasteiger charge is 2.54. The van der Waals surface area contributed by atoms with E-state index in [2.05, 4.69) is 38.2 Å². The van der Waals surface area contributed by atoms with E-state index in [4.69, 9.17) is 37.3 Å². The minimum absolute atomic E-state index is 0.0220. The van der Waals surface area contributed by atoms with E-state index in [1.54, 1.807) is 59.1 Å². The number of hydrogen-bond donors (Lipinski definition) is 5. The van der Waals surface area contributed by atoms with E-state index in [9.17, 15) is 42.9 Å². The smallest absolute Gasteiger partial charge is 0.341 e. The Morgan fingerprint density at radius 1 is 0.934 bits per heavy atom. The number of cyclic esters (lactones) is 1. The SMILES string of the molecule is CC[C@H]1OC(=O)[C@H](C)[C@@H](O[C@H]2C[C@@](C)(OC)[C@@H](OS(=O)(=O)CCNCCNc3ccc4c(=O)c(C(=O)O)cn(CC)c4n3)[C@H](C)O2)[C@H](I)C(O[C@@H]2O[C@H](C)C[C@H](N(C)C)[C@H]2O)[C@](C)(OC)C[C@@H](C)C(=O)[C@H](C)C[C@]1(C)O. The van der Waals surface area contributed by atoms with Crippen molar-refractivity contribution >= 4 is 67.3 Å². The molecule has 2 aromatic heterocycles. The Morgan fingerprint density at radius 2 is 1.58 bits per heavy atom. The lowest BCUT2D eigenvalue weighted by Gasteiger charge is -2.49. The molecular formula is C52H84IN5O17S. The van der Waals surface area contributed by atoms with Gasteiger partial charge in [-0.1, -0.05) is 43.4 Å². The number of anilines is 1. The highest BCUT2D eigenvalue weighted by molar-refractivity contribution is 14.1. The number of aryl methyl sites for hydroxylation is 1. The number of carboxylic acids is 1.